The molecule has 0 unspecified atom stereocenters. The van der Waals surface area contributed by atoms with E-state index in [1.807, 2.05) is 25.1 Å². The van der Waals surface area contributed by atoms with Crippen LogP contribution in [-0.2, 0) is 9.53 Å². The highest BCUT2D eigenvalue weighted by molar-refractivity contribution is 5.96. The second-order valence-corrected chi connectivity index (χ2v) is 4.53. The first kappa shape index (κ1) is 16.8. The quantitative estimate of drug-likeness (QED) is 0.835. The van der Waals surface area contributed by atoms with Crippen molar-refractivity contribution in [1.29, 1.82) is 0 Å². The van der Waals surface area contributed by atoms with Crippen molar-refractivity contribution >= 4 is 24.0 Å². The number of rotatable bonds is 5. The predicted molar refractivity (Wildman–Crippen MR) is 81.0 cm³/mol. The maximum atomic E-state index is 12.2. The molecular weight excluding hydrogens is 280 g/mol. The molecule has 112 valence electrons. The molecule has 0 radical (unpaired) electrons. The van der Waals surface area contributed by atoms with Gasteiger partial charge < -0.3 is 19.7 Å². The minimum atomic E-state index is 0. The summed E-state index contributed by atoms with van der Waals surface area (Å²) in [6.45, 7) is 4.74. The fourth-order valence-corrected chi connectivity index (χ4v) is 2.05. The SMILES string of the molecule is COCCNCC(=O)N1CCOc2cc(C)ccc21.Cl. The zero-order chi connectivity index (χ0) is 13.7. The molecule has 20 heavy (non-hydrogen) atoms. The van der Waals surface area contributed by atoms with E-state index in [1.54, 1.807) is 12.0 Å². The lowest BCUT2D eigenvalue weighted by molar-refractivity contribution is -0.118. The molecule has 0 spiro atoms. The standard InChI is InChI=1S/C14H20N2O3.ClH/c1-11-3-4-12-13(9-11)19-8-6-16(12)14(17)10-15-5-7-18-2;/h3-4,9,15H,5-8,10H2,1-2H3;1H. The van der Waals surface area contributed by atoms with Crippen LogP contribution in [0.5, 0.6) is 5.75 Å². The molecule has 0 atom stereocenters. The number of carbonyl (C=O) groups excluding carboxylic acids is 1. The molecule has 5 nitrogen and oxygen atoms in total. The summed E-state index contributed by atoms with van der Waals surface area (Å²) in [4.78, 5) is 14.0. The molecule has 0 fully saturated rings. The number of hydrogen-bond donors (Lipinski definition) is 1. The van der Waals surface area contributed by atoms with E-state index in [0.717, 1.165) is 17.0 Å². The van der Waals surface area contributed by atoms with Crippen LogP contribution in [0.2, 0.25) is 0 Å². The van der Waals surface area contributed by atoms with Gasteiger partial charge in [0.05, 0.1) is 25.4 Å². The number of methoxy groups -OCH3 is 1. The Morgan fingerprint density at radius 3 is 3.05 bits per heavy atom. The van der Waals surface area contributed by atoms with Gasteiger partial charge >= 0.3 is 0 Å². The molecule has 1 aliphatic rings. The third-order valence-corrected chi connectivity index (χ3v) is 3.04. The largest absolute Gasteiger partial charge is 0.490 e. The summed E-state index contributed by atoms with van der Waals surface area (Å²) in [6.07, 6.45) is 0. The van der Waals surface area contributed by atoms with E-state index in [-0.39, 0.29) is 18.3 Å². The highest BCUT2D eigenvalue weighted by Gasteiger charge is 2.23. The second-order valence-electron chi connectivity index (χ2n) is 4.53. The average molecular weight is 301 g/mol. The van der Waals surface area contributed by atoms with E-state index in [9.17, 15) is 4.79 Å². The van der Waals surface area contributed by atoms with E-state index in [2.05, 4.69) is 5.32 Å². The van der Waals surface area contributed by atoms with Gasteiger partial charge in [0.1, 0.15) is 12.4 Å². The fraction of sp³-hybridized carbons (Fsp3) is 0.500. The predicted octanol–water partition coefficient (Wildman–Crippen LogP) is 1.38. The van der Waals surface area contributed by atoms with Gasteiger partial charge in [-0.1, -0.05) is 6.07 Å². The van der Waals surface area contributed by atoms with Crippen LogP contribution in [0.1, 0.15) is 5.56 Å². The molecule has 0 bridgehead atoms. The van der Waals surface area contributed by atoms with Crippen LogP contribution in [0.15, 0.2) is 18.2 Å². The van der Waals surface area contributed by atoms with Gasteiger partial charge in [-0.15, -0.1) is 12.4 Å². The topological polar surface area (TPSA) is 50.8 Å². The molecule has 1 N–H and O–H groups in total. The molecule has 1 aliphatic heterocycles. The van der Waals surface area contributed by atoms with E-state index < -0.39 is 0 Å². The summed E-state index contributed by atoms with van der Waals surface area (Å²) in [6, 6.07) is 5.90. The Morgan fingerprint density at radius 2 is 2.30 bits per heavy atom. The molecule has 0 aromatic heterocycles. The van der Waals surface area contributed by atoms with E-state index in [1.165, 1.54) is 0 Å². The van der Waals surface area contributed by atoms with Gasteiger partial charge in [0.15, 0.2) is 0 Å². The number of amides is 1. The van der Waals surface area contributed by atoms with Crippen molar-refractivity contribution in [1.82, 2.24) is 5.32 Å². The zero-order valence-corrected chi connectivity index (χ0v) is 12.7. The number of hydrogen-bond acceptors (Lipinski definition) is 4. The van der Waals surface area contributed by atoms with Gasteiger partial charge in [0.25, 0.3) is 0 Å². The number of halogens is 1. The smallest absolute Gasteiger partial charge is 0.241 e. The first-order valence-corrected chi connectivity index (χ1v) is 6.46. The van der Waals surface area contributed by atoms with Crippen LogP contribution in [0.3, 0.4) is 0 Å². The molecule has 1 aromatic carbocycles. The molecule has 2 rings (SSSR count). The summed E-state index contributed by atoms with van der Waals surface area (Å²) < 4.78 is 10.5. The number of aryl methyl sites for hydroxylation is 1. The van der Waals surface area contributed by atoms with Gasteiger partial charge in [-0.25, -0.2) is 0 Å². The van der Waals surface area contributed by atoms with Crippen molar-refractivity contribution in [3.05, 3.63) is 23.8 Å². The van der Waals surface area contributed by atoms with Crippen molar-refractivity contribution in [2.75, 3.05) is 44.9 Å². The minimum absolute atomic E-state index is 0. The molecular formula is C14H21ClN2O3. The molecule has 6 heteroatoms. The van der Waals surface area contributed by atoms with Crippen molar-refractivity contribution in [3.63, 3.8) is 0 Å². The summed E-state index contributed by atoms with van der Waals surface area (Å²) in [7, 11) is 1.64. The van der Waals surface area contributed by atoms with Gasteiger partial charge in [-0.3, -0.25) is 4.79 Å². The van der Waals surface area contributed by atoms with Crippen LogP contribution >= 0.6 is 12.4 Å². The van der Waals surface area contributed by atoms with Crippen LogP contribution in [0.4, 0.5) is 5.69 Å². The number of anilines is 1. The molecule has 1 amide bonds. The Balaban J connectivity index is 0.00000200. The Morgan fingerprint density at radius 1 is 1.50 bits per heavy atom. The zero-order valence-electron chi connectivity index (χ0n) is 11.8. The minimum Gasteiger partial charge on any atom is -0.490 e. The van der Waals surface area contributed by atoms with Crippen molar-refractivity contribution in [2.24, 2.45) is 0 Å². The third-order valence-electron chi connectivity index (χ3n) is 3.04. The normalized spacial score (nSPS) is 13.2. The summed E-state index contributed by atoms with van der Waals surface area (Å²) in [5, 5.41) is 3.07. The summed E-state index contributed by atoms with van der Waals surface area (Å²) in [5.41, 5.74) is 1.99. The lowest BCUT2D eigenvalue weighted by Crippen LogP contribution is -2.43. The van der Waals surface area contributed by atoms with Crippen LogP contribution < -0.4 is 15.0 Å². The Kier molecular flexibility index (Phi) is 6.78. The molecule has 1 aromatic rings. The van der Waals surface area contributed by atoms with Gasteiger partial charge in [-0.2, -0.15) is 0 Å². The first-order chi connectivity index (χ1) is 9.22. The van der Waals surface area contributed by atoms with Crippen molar-refractivity contribution in [2.45, 2.75) is 6.92 Å². The molecule has 0 aliphatic carbocycles. The maximum Gasteiger partial charge on any atom is 0.241 e. The number of ether oxygens (including phenoxy) is 2. The average Bonchev–Trinajstić information content (AvgIpc) is 2.42. The third kappa shape index (κ3) is 4.10. The number of carbonyl (C=O) groups is 1. The highest BCUT2D eigenvalue weighted by atomic mass is 35.5. The van der Waals surface area contributed by atoms with Gasteiger partial charge in [-0.05, 0) is 24.6 Å². The molecule has 1 heterocycles. The monoisotopic (exact) mass is 300 g/mol. The Bertz CT molecular complexity index is 454. The van der Waals surface area contributed by atoms with E-state index in [4.69, 9.17) is 9.47 Å². The van der Waals surface area contributed by atoms with Crippen LogP contribution in [0.25, 0.3) is 0 Å². The van der Waals surface area contributed by atoms with Crippen LogP contribution in [-0.4, -0.2) is 45.9 Å². The maximum absolute atomic E-state index is 12.2. The highest BCUT2D eigenvalue weighted by Crippen LogP contribution is 2.32. The fourth-order valence-electron chi connectivity index (χ4n) is 2.05. The number of benzene rings is 1. The second kappa shape index (κ2) is 8.09. The number of nitrogens with zero attached hydrogens (tertiary/aromatic N) is 1. The van der Waals surface area contributed by atoms with Crippen LogP contribution in [0, 0.1) is 6.92 Å². The number of fused-ring (bicyclic) bond motifs is 1. The lowest BCUT2D eigenvalue weighted by Gasteiger charge is -2.29. The lowest BCUT2D eigenvalue weighted by atomic mass is 10.1. The Labute approximate surface area is 125 Å². The van der Waals surface area contributed by atoms with Gasteiger partial charge in [0, 0.05) is 13.7 Å². The molecule has 0 saturated carbocycles. The summed E-state index contributed by atoms with van der Waals surface area (Å²) in [5.74, 6) is 0.848. The van der Waals surface area contributed by atoms with Crippen molar-refractivity contribution < 1.29 is 14.3 Å². The summed E-state index contributed by atoms with van der Waals surface area (Å²) >= 11 is 0. The Hall–Kier alpha value is -1.30. The van der Waals surface area contributed by atoms with E-state index in [0.29, 0.717) is 32.8 Å². The van der Waals surface area contributed by atoms with Gasteiger partial charge in [0.2, 0.25) is 5.91 Å². The number of nitrogens with one attached hydrogen (secondary N) is 1. The molecule has 0 saturated heterocycles. The first-order valence-electron chi connectivity index (χ1n) is 6.46. The van der Waals surface area contributed by atoms with E-state index >= 15 is 0 Å². The van der Waals surface area contributed by atoms with Crippen molar-refractivity contribution in [3.8, 4) is 5.75 Å².